The molecule has 0 saturated carbocycles. The van der Waals surface area contributed by atoms with Gasteiger partial charge in [0.25, 0.3) is 5.91 Å². The molecule has 2 rings (SSSR count). The van der Waals surface area contributed by atoms with Crippen LogP contribution in [0.3, 0.4) is 0 Å². The Hall–Kier alpha value is -1.09. The van der Waals surface area contributed by atoms with Gasteiger partial charge in [-0.2, -0.15) is 0 Å². The number of ether oxygens (including phenoxy) is 1. The van der Waals surface area contributed by atoms with Crippen LogP contribution < -0.4 is 0 Å². The first kappa shape index (κ1) is 17.3. The molecule has 1 unspecified atom stereocenters. The van der Waals surface area contributed by atoms with Gasteiger partial charge >= 0.3 is 5.97 Å². The molecule has 0 bridgehead atoms. The number of carbonyl (C=O) groups excluding carboxylic acids is 1. The number of carbonyl (C=O) groups is 2. The second kappa shape index (κ2) is 7.96. The number of aliphatic carboxylic acids is 1. The molecular formula is C14H20N2O4S2. The van der Waals surface area contributed by atoms with Crippen molar-refractivity contribution in [2.45, 2.75) is 11.0 Å². The highest BCUT2D eigenvalue weighted by Gasteiger charge is 2.27. The molecule has 22 heavy (non-hydrogen) atoms. The van der Waals surface area contributed by atoms with Gasteiger partial charge < -0.3 is 14.7 Å². The number of likely N-dealkylation sites (N-methyl/N-ethyl adjacent to an activating group) is 1. The molecule has 1 aromatic rings. The normalized spacial score (nSPS) is 18.7. The Bertz CT molecular complexity index is 535. The summed E-state index contributed by atoms with van der Waals surface area (Å²) in [6.07, 6.45) is 1.81. The van der Waals surface area contributed by atoms with E-state index in [9.17, 15) is 9.59 Å². The fourth-order valence-electron chi connectivity index (χ4n) is 2.42. The largest absolute Gasteiger partial charge is 0.480 e. The Balaban J connectivity index is 1.95. The van der Waals surface area contributed by atoms with E-state index in [1.807, 2.05) is 17.7 Å². The number of nitrogens with zero attached hydrogens (tertiary/aromatic N) is 2. The summed E-state index contributed by atoms with van der Waals surface area (Å²) >= 11 is 3.03. The van der Waals surface area contributed by atoms with Gasteiger partial charge in [-0.15, -0.1) is 23.1 Å². The van der Waals surface area contributed by atoms with Crippen molar-refractivity contribution >= 4 is 35.0 Å². The zero-order valence-corrected chi connectivity index (χ0v) is 14.3. The maximum atomic E-state index is 12.6. The van der Waals surface area contributed by atoms with Crippen LogP contribution in [0.15, 0.2) is 16.3 Å². The number of carboxylic acid groups (broad SMARTS) is 1. The van der Waals surface area contributed by atoms with Crippen molar-refractivity contribution in [3.05, 3.63) is 16.3 Å². The van der Waals surface area contributed by atoms with Crippen LogP contribution in [0.25, 0.3) is 0 Å². The van der Waals surface area contributed by atoms with E-state index in [0.29, 0.717) is 26.2 Å². The van der Waals surface area contributed by atoms with Gasteiger partial charge in [-0.25, -0.2) is 0 Å². The highest BCUT2D eigenvalue weighted by atomic mass is 32.2. The fourth-order valence-corrected chi connectivity index (χ4v) is 4.13. The van der Waals surface area contributed by atoms with E-state index in [2.05, 4.69) is 0 Å². The van der Waals surface area contributed by atoms with E-state index in [4.69, 9.17) is 9.84 Å². The molecule has 1 amide bonds. The number of hydrogen-bond donors (Lipinski definition) is 1. The van der Waals surface area contributed by atoms with Gasteiger partial charge in [0.1, 0.15) is 4.88 Å². The van der Waals surface area contributed by atoms with Crippen LogP contribution in [0.2, 0.25) is 0 Å². The van der Waals surface area contributed by atoms with Crippen molar-refractivity contribution in [1.82, 2.24) is 9.80 Å². The second-order valence-electron chi connectivity index (χ2n) is 5.15. The van der Waals surface area contributed by atoms with Crippen molar-refractivity contribution in [3.63, 3.8) is 0 Å². The van der Waals surface area contributed by atoms with Crippen LogP contribution in [-0.2, 0) is 9.53 Å². The number of morpholine rings is 1. The first-order chi connectivity index (χ1) is 10.5. The summed E-state index contributed by atoms with van der Waals surface area (Å²) < 4.78 is 5.65. The average molecular weight is 344 g/mol. The standard InChI is InChI=1S/C14H20N2O4S2/c1-15(9-12(17)18)7-10-8-16(4-5-20-10)14(19)13-11(21-2)3-6-22-13/h3,6,10H,4-5,7-9H2,1-2H3,(H,17,18). The Kier molecular flexibility index (Phi) is 6.25. The summed E-state index contributed by atoms with van der Waals surface area (Å²) in [6.45, 7) is 2.01. The SMILES string of the molecule is CSc1ccsc1C(=O)N1CCOC(CN(C)CC(=O)O)C1. The smallest absolute Gasteiger partial charge is 0.317 e. The van der Waals surface area contributed by atoms with Crippen molar-refractivity contribution in [2.24, 2.45) is 0 Å². The van der Waals surface area contributed by atoms with Crippen LogP contribution in [0.1, 0.15) is 9.67 Å². The van der Waals surface area contributed by atoms with Gasteiger partial charge in [0, 0.05) is 24.5 Å². The van der Waals surface area contributed by atoms with E-state index in [1.165, 1.54) is 11.3 Å². The average Bonchev–Trinajstić information content (AvgIpc) is 2.94. The summed E-state index contributed by atoms with van der Waals surface area (Å²) in [7, 11) is 1.74. The summed E-state index contributed by atoms with van der Waals surface area (Å²) in [5, 5.41) is 10.7. The summed E-state index contributed by atoms with van der Waals surface area (Å²) in [6, 6.07) is 1.96. The van der Waals surface area contributed by atoms with E-state index >= 15 is 0 Å². The molecule has 1 aromatic heterocycles. The first-order valence-corrected chi connectivity index (χ1v) is 9.04. The zero-order chi connectivity index (χ0) is 16.1. The van der Waals surface area contributed by atoms with Crippen LogP contribution in [0, 0.1) is 0 Å². The fraction of sp³-hybridized carbons (Fsp3) is 0.571. The minimum atomic E-state index is -0.866. The van der Waals surface area contributed by atoms with E-state index in [1.54, 1.807) is 28.6 Å². The van der Waals surface area contributed by atoms with Crippen molar-refractivity contribution in [2.75, 3.05) is 46.1 Å². The number of hydrogen-bond acceptors (Lipinski definition) is 6. The Morgan fingerprint density at radius 1 is 1.59 bits per heavy atom. The van der Waals surface area contributed by atoms with E-state index < -0.39 is 5.97 Å². The van der Waals surface area contributed by atoms with Crippen molar-refractivity contribution in [3.8, 4) is 0 Å². The lowest BCUT2D eigenvalue weighted by molar-refractivity contribution is -0.138. The van der Waals surface area contributed by atoms with E-state index in [0.717, 1.165) is 9.77 Å². The maximum Gasteiger partial charge on any atom is 0.317 e. The third-order valence-electron chi connectivity index (χ3n) is 3.39. The van der Waals surface area contributed by atoms with E-state index in [-0.39, 0.29) is 18.6 Å². The second-order valence-corrected chi connectivity index (χ2v) is 6.92. The molecule has 0 aliphatic carbocycles. The van der Waals surface area contributed by atoms with Gasteiger partial charge in [0.2, 0.25) is 0 Å². The number of rotatable bonds is 6. The molecule has 1 N–H and O–H groups in total. The number of thioether (sulfide) groups is 1. The molecule has 1 saturated heterocycles. The maximum absolute atomic E-state index is 12.6. The van der Waals surface area contributed by atoms with Gasteiger partial charge in [-0.05, 0) is 24.7 Å². The third-order valence-corrected chi connectivity index (χ3v) is 5.20. The van der Waals surface area contributed by atoms with Crippen LogP contribution >= 0.6 is 23.1 Å². The lowest BCUT2D eigenvalue weighted by Gasteiger charge is -2.34. The number of carboxylic acids is 1. The molecule has 0 spiro atoms. The quantitative estimate of drug-likeness (QED) is 0.785. The summed E-state index contributed by atoms with van der Waals surface area (Å²) in [5.41, 5.74) is 0. The minimum absolute atomic E-state index is 0.0324. The van der Waals surface area contributed by atoms with Gasteiger partial charge in [0.05, 0.1) is 19.3 Å². The van der Waals surface area contributed by atoms with Crippen molar-refractivity contribution in [1.29, 1.82) is 0 Å². The van der Waals surface area contributed by atoms with Crippen molar-refractivity contribution < 1.29 is 19.4 Å². The first-order valence-electron chi connectivity index (χ1n) is 6.94. The zero-order valence-electron chi connectivity index (χ0n) is 12.7. The van der Waals surface area contributed by atoms with Crippen LogP contribution in [-0.4, -0.2) is 79.0 Å². The molecule has 0 aromatic carbocycles. The number of thiophene rings is 1. The topological polar surface area (TPSA) is 70.1 Å². The molecular weight excluding hydrogens is 324 g/mol. The lowest BCUT2D eigenvalue weighted by atomic mass is 10.2. The molecule has 6 nitrogen and oxygen atoms in total. The monoisotopic (exact) mass is 344 g/mol. The Labute approximate surface area is 138 Å². The molecule has 1 aliphatic rings. The molecule has 1 aliphatic heterocycles. The molecule has 1 atom stereocenters. The Morgan fingerprint density at radius 2 is 2.36 bits per heavy atom. The Morgan fingerprint density at radius 3 is 3.05 bits per heavy atom. The van der Waals surface area contributed by atoms with Crippen LogP contribution in [0.5, 0.6) is 0 Å². The number of amides is 1. The molecule has 8 heteroatoms. The predicted octanol–water partition coefficient (Wildman–Crippen LogP) is 1.33. The highest BCUT2D eigenvalue weighted by Crippen LogP contribution is 2.27. The van der Waals surface area contributed by atoms with Gasteiger partial charge in [0.15, 0.2) is 0 Å². The summed E-state index contributed by atoms with van der Waals surface area (Å²) in [5.74, 6) is -0.831. The van der Waals surface area contributed by atoms with Gasteiger partial charge in [-0.3, -0.25) is 14.5 Å². The van der Waals surface area contributed by atoms with Crippen LogP contribution in [0.4, 0.5) is 0 Å². The predicted molar refractivity (Wildman–Crippen MR) is 86.9 cm³/mol. The highest BCUT2D eigenvalue weighted by molar-refractivity contribution is 7.98. The summed E-state index contributed by atoms with van der Waals surface area (Å²) in [4.78, 5) is 28.6. The molecule has 0 radical (unpaired) electrons. The molecule has 2 heterocycles. The van der Waals surface area contributed by atoms with Gasteiger partial charge in [-0.1, -0.05) is 0 Å². The third kappa shape index (κ3) is 4.45. The molecule has 1 fully saturated rings. The lowest BCUT2D eigenvalue weighted by Crippen LogP contribution is -2.49. The minimum Gasteiger partial charge on any atom is -0.480 e. The molecule has 122 valence electrons.